The predicted molar refractivity (Wildman–Crippen MR) is 122 cm³/mol. The van der Waals surface area contributed by atoms with Crippen LogP contribution in [-0.2, 0) is 13.1 Å². The molecule has 0 aliphatic carbocycles. The van der Waals surface area contributed by atoms with Gasteiger partial charge in [0, 0.05) is 35.8 Å². The summed E-state index contributed by atoms with van der Waals surface area (Å²) in [6.07, 6.45) is 2.03. The summed E-state index contributed by atoms with van der Waals surface area (Å²) in [4.78, 5) is 6.75. The van der Waals surface area contributed by atoms with Crippen LogP contribution >= 0.6 is 11.3 Å². The quantitative estimate of drug-likeness (QED) is 0.389. The summed E-state index contributed by atoms with van der Waals surface area (Å²) in [6, 6.07) is 13.1. The molecule has 2 aromatic carbocycles. The van der Waals surface area contributed by atoms with E-state index in [2.05, 4.69) is 35.3 Å². The largest absolute Gasteiger partial charge is 0.494 e. The van der Waals surface area contributed by atoms with Gasteiger partial charge in [0.2, 0.25) is 0 Å². The van der Waals surface area contributed by atoms with Crippen LogP contribution in [0.25, 0.3) is 16.9 Å². The van der Waals surface area contributed by atoms with E-state index < -0.39 is 5.82 Å². The molecule has 160 valence electrons. The maximum atomic E-state index is 14.4. The average Bonchev–Trinajstić information content (AvgIpc) is 3.34. The first-order valence-electron chi connectivity index (χ1n) is 10.0. The molecule has 0 aliphatic rings. The van der Waals surface area contributed by atoms with E-state index in [0.29, 0.717) is 6.54 Å². The minimum Gasteiger partial charge on any atom is -0.494 e. The van der Waals surface area contributed by atoms with Crippen molar-refractivity contribution in [3.05, 3.63) is 81.7 Å². The number of ether oxygens (including phenoxy) is 1. The summed E-state index contributed by atoms with van der Waals surface area (Å²) in [5.74, 6) is -0.178. The molecular formula is C24H25FN4OS. The second-order valence-corrected chi connectivity index (χ2v) is 8.68. The van der Waals surface area contributed by atoms with E-state index in [-0.39, 0.29) is 5.75 Å². The van der Waals surface area contributed by atoms with Crippen molar-refractivity contribution in [2.75, 3.05) is 14.2 Å². The zero-order valence-electron chi connectivity index (χ0n) is 18.1. The molecule has 4 aromatic rings. The van der Waals surface area contributed by atoms with Gasteiger partial charge >= 0.3 is 0 Å². The second-order valence-electron chi connectivity index (χ2n) is 7.61. The topological polar surface area (TPSA) is 43.2 Å². The van der Waals surface area contributed by atoms with E-state index in [1.165, 1.54) is 13.2 Å². The first kappa shape index (κ1) is 21.2. The number of nitrogens with zero attached hydrogens (tertiary/aromatic N) is 4. The Morgan fingerprint density at radius 2 is 1.94 bits per heavy atom. The number of hydrogen-bond acceptors (Lipinski definition) is 5. The van der Waals surface area contributed by atoms with Crippen molar-refractivity contribution in [1.29, 1.82) is 0 Å². The van der Waals surface area contributed by atoms with Crippen LogP contribution in [0, 0.1) is 19.7 Å². The van der Waals surface area contributed by atoms with Gasteiger partial charge in [0.1, 0.15) is 0 Å². The van der Waals surface area contributed by atoms with Crippen LogP contribution in [0.2, 0.25) is 0 Å². The highest BCUT2D eigenvalue weighted by Crippen LogP contribution is 2.29. The smallest absolute Gasteiger partial charge is 0.165 e. The highest BCUT2D eigenvalue weighted by atomic mass is 32.1. The van der Waals surface area contributed by atoms with E-state index in [1.54, 1.807) is 17.4 Å². The van der Waals surface area contributed by atoms with E-state index in [1.807, 2.05) is 42.1 Å². The third-order valence-corrected chi connectivity index (χ3v) is 5.94. The van der Waals surface area contributed by atoms with Crippen molar-refractivity contribution in [2.45, 2.75) is 26.9 Å². The van der Waals surface area contributed by atoms with E-state index in [9.17, 15) is 4.39 Å². The number of para-hydroxylation sites is 1. The molecule has 4 rings (SSSR count). The molecule has 0 amide bonds. The van der Waals surface area contributed by atoms with Gasteiger partial charge in [-0.25, -0.2) is 14.1 Å². The third kappa shape index (κ3) is 4.68. The van der Waals surface area contributed by atoms with Crippen molar-refractivity contribution in [2.24, 2.45) is 0 Å². The molecule has 5 nitrogen and oxygen atoms in total. The van der Waals surface area contributed by atoms with Crippen LogP contribution in [0.4, 0.5) is 4.39 Å². The SMILES string of the molecule is COc1ccc(-c2nn(-c3ccccc3C)cc2CN(C)Cc2csc(C)n2)cc1F. The zero-order valence-corrected chi connectivity index (χ0v) is 18.9. The Morgan fingerprint density at radius 1 is 1.13 bits per heavy atom. The number of thiazole rings is 1. The van der Waals surface area contributed by atoms with Crippen LogP contribution in [0.3, 0.4) is 0 Å². The molecule has 0 aliphatic heterocycles. The standard InChI is InChI=1S/C24H25FN4OS/c1-16-7-5-6-8-22(16)29-13-19(12-28(3)14-20-15-31-17(2)26-20)24(27-29)18-9-10-23(30-4)21(25)11-18/h5-11,13,15H,12,14H2,1-4H3. The lowest BCUT2D eigenvalue weighted by Crippen LogP contribution is -2.17. The number of aryl methyl sites for hydroxylation is 2. The normalized spacial score (nSPS) is 11.3. The number of methoxy groups -OCH3 is 1. The van der Waals surface area contributed by atoms with E-state index in [0.717, 1.165) is 45.3 Å². The molecule has 0 atom stereocenters. The fourth-order valence-electron chi connectivity index (χ4n) is 3.63. The van der Waals surface area contributed by atoms with Crippen LogP contribution in [0.1, 0.15) is 21.8 Å². The lowest BCUT2D eigenvalue weighted by atomic mass is 10.1. The molecule has 0 saturated heterocycles. The molecule has 2 heterocycles. The molecule has 0 saturated carbocycles. The summed E-state index contributed by atoms with van der Waals surface area (Å²) in [5, 5.41) is 7.99. The molecule has 0 fully saturated rings. The zero-order chi connectivity index (χ0) is 22.0. The summed E-state index contributed by atoms with van der Waals surface area (Å²) >= 11 is 1.65. The Balaban J connectivity index is 1.71. The summed E-state index contributed by atoms with van der Waals surface area (Å²) in [5.41, 5.74) is 5.66. The maximum absolute atomic E-state index is 14.4. The third-order valence-electron chi connectivity index (χ3n) is 5.12. The van der Waals surface area contributed by atoms with Crippen LogP contribution < -0.4 is 4.74 Å². The van der Waals surface area contributed by atoms with Crippen LogP contribution in [-0.4, -0.2) is 33.8 Å². The number of aromatic nitrogens is 3. The van der Waals surface area contributed by atoms with Crippen molar-refractivity contribution >= 4 is 11.3 Å². The van der Waals surface area contributed by atoms with Gasteiger partial charge in [-0.15, -0.1) is 11.3 Å². The minimum atomic E-state index is -0.400. The Hall–Kier alpha value is -3.03. The molecule has 0 radical (unpaired) electrons. The van der Waals surface area contributed by atoms with E-state index in [4.69, 9.17) is 9.84 Å². The first-order chi connectivity index (χ1) is 14.9. The molecule has 2 aromatic heterocycles. The van der Waals surface area contributed by atoms with E-state index >= 15 is 0 Å². The van der Waals surface area contributed by atoms with Crippen molar-refractivity contribution < 1.29 is 9.13 Å². The van der Waals surface area contributed by atoms with Gasteiger partial charge < -0.3 is 4.74 Å². The number of hydrogen-bond donors (Lipinski definition) is 0. The molecule has 0 spiro atoms. The molecule has 7 heteroatoms. The van der Waals surface area contributed by atoms with Crippen molar-refractivity contribution in [3.63, 3.8) is 0 Å². The Kier molecular flexibility index (Phi) is 6.15. The summed E-state index contributed by atoms with van der Waals surface area (Å²) in [6.45, 7) is 5.46. The highest BCUT2D eigenvalue weighted by molar-refractivity contribution is 7.09. The summed E-state index contributed by atoms with van der Waals surface area (Å²) < 4.78 is 21.4. The van der Waals surface area contributed by atoms with Crippen molar-refractivity contribution in [1.82, 2.24) is 19.7 Å². The van der Waals surface area contributed by atoms with Gasteiger partial charge in [-0.3, -0.25) is 4.90 Å². The van der Waals surface area contributed by atoms with Gasteiger partial charge in [-0.05, 0) is 50.7 Å². The van der Waals surface area contributed by atoms with Crippen LogP contribution in [0.5, 0.6) is 5.75 Å². The Morgan fingerprint density at radius 3 is 2.61 bits per heavy atom. The molecular weight excluding hydrogens is 411 g/mol. The molecule has 31 heavy (non-hydrogen) atoms. The average molecular weight is 437 g/mol. The fraction of sp³-hybridized carbons (Fsp3) is 0.250. The number of benzene rings is 2. The second kappa shape index (κ2) is 8.99. The van der Waals surface area contributed by atoms with Gasteiger partial charge in [0.25, 0.3) is 0 Å². The minimum absolute atomic E-state index is 0.222. The first-order valence-corrected chi connectivity index (χ1v) is 10.9. The summed E-state index contributed by atoms with van der Waals surface area (Å²) in [7, 11) is 3.52. The lowest BCUT2D eigenvalue weighted by Gasteiger charge is -2.15. The lowest BCUT2D eigenvalue weighted by molar-refractivity contribution is 0.316. The maximum Gasteiger partial charge on any atom is 0.165 e. The Labute approximate surface area is 185 Å². The fourth-order valence-corrected chi connectivity index (χ4v) is 4.23. The van der Waals surface area contributed by atoms with Crippen molar-refractivity contribution in [3.8, 4) is 22.7 Å². The van der Waals surface area contributed by atoms with Gasteiger partial charge in [-0.1, -0.05) is 18.2 Å². The van der Waals surface area contributed by atoms with Gasteiger partial charge in [-0.2, -0.15) is 5.10 Å². The Bertz CT molecular complexity index is 1200. The monoisotopic (exact) mass is 436 g/mol. The van der Waals surface area contributed by atoms with Gasteiger partial charge in [0.05, 0.1) is 29.2 Å². The number of halogens is 1. The van der Waals surface area contributed by atoms with Gasteiger partial charge in [0.15, 0.2) is 11.6 Å². The molecule has 0 N–H and O–H groups in total. The molecule has 0 unspecified atom stereocenters. The highest BCUT2D eigenvalue weighted by Gasteiger charge is 2.17. The molecule has 0 bridgehead atoms. The predicted octanol–water partition coefficient (Wildman–Crippen LogP) is 5.39. The van der Waals surface area contributed by atoms with Crippen LogP contribution in [0.15, 0.2) is 54.0 Å². The number of rotatable bonds is 7.